The zero-order chi connectivity index (χ0) is 15.3. The van der Waals surface area contributed by atoms with E-state index in [1.807, 2.05) is 0 Å². The number of aromatic nitrogens is 3. The largest absolute Gasteiger partial charge is 0.338 e. The van der Waals surface area contributed by atoms with Crippen LogP contribution < -0.4 is 4.90 Å². The first kappa shape index (κ1) is 13.4. The number of anilines is 1. The number of benzene rings is 1. The minimum absolute atomic E-state index is 0.445. The smallest absolute Gasteiger partial charge is 0.227 e. The van der Waals surface area contributed by atoms with E-state index < -0.39 is 11.6 Å². The van der Waals surface area contributed by atoms with Gasteiger partial charge in [-0.15, -0.1) is 0 Å². The fourth-order valence-electron chi connectivity index (χ4n) is 2.87. The molecule has 0 spiro atoms. The van der Waals surface area contributed by atoms with Crippen LogP contribution >= 0.6 is 0 Å². The molecular weight excluding hydrogens is 288 g/mol. The van der Waals surface area contributed by atoms with Gasteiger partial charge >= 0.3 is 0 Å². The number of likely N-dealkylation sites (N-methyl/N-ethyl adjacent to an activating group) is 1. The van der Waals surface area contributed by atoms with Crippen molar-refractivity contribution in [2.75, 3.05) is 38.1 Å². The van der Waals surface area contributed by atoms with Gasteiger partial charge in [-0.3, -0.25) is 0 Å². The van der Waals surface area contributed by atoms with Gasteiger partial charge in [0.15, 0.2) is 11.6 Å². The normalized spacial score (nSPS) is 16.8. The van der Waals surface area contributed by atoms with Crippen LogP contribution in [-0.4, -0.2) is 52.7 Å². The highest BCUT2D eigenvalue weighted by Gasteiger charge is 2.20. The quantitative estimate of drug-likeness (QED) is 0.688. The summed E-state index contributed by atoms with van der Waals surface area (Å²) in [5.41, 5.74) is 1.18. The van der Waals surface area contributed by atoms with Gasteiger partial charge in [0.05, 0.1) is 17.2 Å². The first-order chi connectivity index (χ1) is 10.6. The van der Waals surface area contributed by atoms with Crippen molar-refractivity contribution in [1.29, 1.82) is 0 Å². The monoisotopic (exact) mass is 303 g/mol. The third-order valence-electron chi connectivity index (χ3n) is 4.15. The van der Waals surface area contributed by atoms with E-state index >= 15 is 0 Å². The van der Waals surface area contributed by atoms with Crippen LogP contribution in [-0.2, 0) is 0 Å². The maximum atomic E-state index is 13.5. The number of rotatable bonds is 1. The van der Waals surface area contributed by atoms with Crippen molar-refractivity contribution >= 4 is 22.4 Å². The Morgan fingerprint density at radius 3 is 2.55 bits per heavy atom. The van der Waals surface area contributed by atoms with Crippen LogP contribution in [0.4, 0.5) is 14.7 Å². The van der Waals surface area contributed by atoms with Crippen LogP contribution in [0.25, 0.3) is 16.4 Å². The first-order valence-electron chi connectivity index (χ1n) is 7.19. The summed E-state index contributed by atoms with van der Waals surface area (Å²) in [7, 11) is 2.08. The molecular formula is C15H15F2N5. The van der Waals surface area contributed by atoms with Crippen molar-refractivity contribution in [1.82, 2.24) is 19.5 Å². The van der Waals surface area contributed by atoms with Gasteiger partial charge in [0, 0.05) is 37.6 Å². The van der Waals surface area contributed by atoms with Crippen molar-refractivity contribution in [2.45, 2.75) is 0 Å². The van der Waals surface area contributed by atoms with Crippen LogP contribution in [0.1, 0.15) is 0 Å². The lowest BCUT2D eigenvalue weighted by molar-refractivity contribution is 0.310. The zero-order valence-electron chi connectivity index (χ0n) is 12.1. The minimum Gasteiger partial charge on any atom is -0.338 e. The highest BCUT2D eigenvalue weighted by Crippen LogP contribution is 2.26. The van der Waals surface area contributed by atoms with Gasteiger partial charge in [0.1, 0.15) is 0 Å². The average Bonchev–Trinajstić information content (AvgIpc) is 2.99. The number of halogens is 2. The Morgan fingerprint density at radius 1 is 1.05 bits per heavy atom. The molecule has 1 aliphatic heterocycles. The minimum atomic E-state index is -0.881. The summed E-state index contributed by atoms with van der Waals surface area (Å²) < 4.78 is 28.8. The highest BCUT2D eigenvalue weighted by molar-refractivity contribution is 5.94. The molecule has 0 aliphatic carbocycles. The Bertz CT molecular complexity index is 852. The van der Waals surface area contributed by atoms with Crippen LogP contribution in [0.15, 0.2) is 24.4 Å². The number of piperazine rings is 1. The molecule has 1 aliphatic rings. The molecule has 1 saturated heterocycles. The number of hydrogen-bond donors (Lipinski definition) is 0. The second kappa shape index (κ2) is 4.88. The van der Waals surface area contributed by atoms with Gasteiger partial charge in [-0.25, -0.2) is 13.8 Å². The van der Waals surface area contributed by atoms with E-state index in [1.165, 1.54) is 6.07 Å². The highest BCUT2D eigenvalue weighted by atomic mass is 19.2. The SMILES string of the molecule is CN1CCN(c2nc3cc(F)c(F)cc3c3ccnn23)CC1. The fraction of sp³-hybridized carbons (Fsp3) is 0.333. The topological polar surface area (TPSA) is 36.7 Å². The molecule has 0 radical (unpaired) electrons. The Morgan fingerprint density at radius 2 is 1.77 bits per heavy atom. The van der Waals surface area contributed by atoms with E-state index in [4.69, 9.17) is 0 Å². The predicted octanol–water partition coefficient (Wildman–Crippen LogP) is 1.91. The summed E-state index contributed by atoms with van der Waals surface area (Å²) in [6, 6.07) is 4.13. The third kappa shape index (κ3) is 2.00. The van der Waals surface area contributed by atoms with E-state index in [0.29, 0.717) is 16.9 Å². The van der Waals surface area contributed by atoms with Crippen LogP contribution in [0.5, 0.6) is 0 Å². The molecule has 7 heteroatoms. The molecule has 0 amide bonds. The Labute approximate surface area is 125 Å². The molecule has 0 atom stereocenters. The predicted molar refractivity (Wildman–Crippen MR) is 80.1 cm³/mol. The van der Waals surface area contributed by atoms with E-state index in [9.17, 15) is 8.78 Å². The molecule has 1 aromatic carbocycles. The Balaban J connectivity index is 1.93. The lowest BCUT2D eigenvalue weighted by atomic mass is 10.2. The molecule has 5 nitrogen and oxygen atoms in total. The van der Waals surface area contributed by atoms with Gasteiger partial charge in [0.25, 0.3) is 0 Å². The molecule has 2 aromatic heterocycles. The fourth-order valence-corrected chi connectivity index (χ4v) is 2.87. The van der Waals surface area contributed by atoms with Gasteiger partial charge in [0.2, 0.25) is 5.95 Å². The molecule has 22 heavy (non-hydrogen) atoms. The van der Waals surface area contributed by atoms with E-state index in [0.717, 1.165) is 37.8 Å². The molecule has 4 rings (SSSR count). The molecule has 1 fully saturated rings. The number of hydrogen-bond acceptors (Lipinski definition) is 4. The molecule has 0 unspecified atom stereocenters. The summed E-state index contributed by atoms with van der Waals surface area (Å²) in [5, 5.41) is 4.86. The van der Waals surface area contributed by atoms with Crippen molar-refractivity contribution in [2.24, 2.45) is 0 Å². The number of fused-ring (bicyclic) bond motifs is 3. The summed E-state index contributed by atoms with van der Waals surface area (Å²) in [5.74, 6) is -1.08. The van der Waals surface area contributed by atoms with E-state index in [1.54, 1.807) is 16.8 Å². The second-order valence-electron chi connectivity index (χ2n) is 5.61. The molecule has 3 heterocycles. The molecule has 3 aromatic rings. The van der Waals surface area contributed by atoms with Gasteiger partial charge in [-0.2, -0.15) is 9.61 Å². The summed E-state index contributed by atoms with van der Waals surface area (Å²) in [6.07, 6.45) is 1.65. The van der Waals surface area contributed by atoms with Crippen molar-refractivity contribution in [3.05, 3.63) is 36.0 Å². The lowest BCUT2D eigenvalue weighted by Gasteiger charge is -2.33. The van der Waals surface area contributed by atoms with Crippen molar-refractivity contribution < 1.29 is 8.78 Å². The summed E-state index contributed by atoms with van der Waals surface area (Å²) in [4.78, 5) is 8.90. The standard InChI is InChI=1S/C15H15F2N5/c1-20-4-6-21(7-5-20)15-19-13-9-12(17)11(16)8-10(13)14-2-3-18-22(14)15/h2-3,8-9H,4-7H2,1H3. The van der Waals surface area contributed by atoms with Crippen molar-refractivity contribution in [3.8, 4) is 0 Å². The van der Waals surface area contributed by atoms with E-state index in [-0.39, 0.29) is 0 Å². The third-order valence-corrected chi connectivity index (χ3v) is 4.15. The zero-order valence-corrected chi connectivity index (χ0v) is 12.1. The van der Waals surface area contributed by atoms with Crippen LogP contribution in [0.2, 0.25) is 0 Å². The first-order valence-corrected chi connectivity index (χ1v) is 7.19. The molecule has 0 N–H and O–H groups in total. The number of nitrogens with zero attached hydrogens (tertiary/aromatic N) is 5. The average molecular weight is 303 g/mol. The van der Waals surface area contributed by atoms with Gasteiger partial charge in [-0.1, -0.05) is 0 Å². The molecule has 0 saturated carbocycles. The maximum absolute atomic E-state index is 13.5. The van der Waals surface area contributed by atoms with Crippen molar-refractivity contribution in [3.63, 3.8) is 0 Å². The summed E-state index contributed by atoms with van der Waals surface area (Å²) >= 11 is 0. The Kier molecular flexibility index (Phi) is 2.97. The lowest BCUT2D eigenvalue weighted by Crippen LogP contribution is -2.45. The molecule has 114 valence electrons. The van der Waals surface area contributed by atoms with Gasteiger partial charge in [-0.05, 0) is 19.2 Å². The second-order valence-corrected chi connectivity index (χ2v) is 5.61. The summed E-state index contributed by atoms with van der Waals surface area (Å²) in [6.45, 7) is 3.52. The van der Waals surface area contributed by atoms with Gasteiger partial charge < -0.3 is 9.80 Å². The van der Waals surface area contributed by atoms with Crippen LogP contribution in [0.3, 0.4) is 0 Å². The maximum Gasteiger partial charge on any atom is 0.227 e. The van der Waals surface area contributed by atoms with E-state index in [2.05, 4.69) is 26.9 Å². The molecule has 0 bridgehead atoms. The van der Waals surface area contributed by atoms with Crippen LogP contribution in [0, 0.1) is 11.6 Å². The Hall–Kier alpha value is -2.28.